The third kappa shape index (κ3) is 4.19. The Kier molecular flexibility index (Phi) is 5.66. The highest BCUT2D eigenvalue weighted by Gasteiger charge is 2.32. The van der Waals surface area contributed by atoms with Crippen LogP contribution < -0.4 is 4.90 Å². The van der Waals surface area contributed by atoms with E-state index >= 15 is 0 Å². The number of benzene rings is 2. The van der Waals surface area contributed by atoms with E-state index in [0.717, 1.165) is 12.1 Å². The number of alkyl halides is 3. The molecule has 1 aliphatic heterocycles. The topological polar surface area (TPSA) is 41.4 Å². The third-order valence-corrected chi connectivity index (χ3v) is 5.68. The van der Waals surface area contributed by atoms with Crippen molar-refractivity contribution in [2.45, 2.75) is 20.0 Å². The maximum Gasteiger partial charge on any atom is 0.416 e. The predicted octanol–water partition coefficient (Wildman–Crippen LogP) is 4.61. The van der Waals surface area contributed by atoms with E-state index in [1.54, 1.807) is 41.6 Å². The summed E-state index contributed by atoms with van der Waals surface area (Å²) in [6.07, 6.45) is -4.40. The number of carbonyl (C=O) groups is 1. The minimum absolute atomic E-state index is 0.169. The summed E-state index contributed by atoms with van der Waals surface area (Å²) >= 11 is 0. The lowest BCUT2D eigenvalue weighted by molar-refractivity contribution is -0.137. The van der Waals surface area contributed by atoms with Gasteiger partial charge in [-0.25, -0.2) is 9.07 Å². The standard InChI is InChI=1S/C23H22F4N4O/c1-15-21(16(2)31(28-15)19-8-6-18(24)7-9-19)22(32)30-12-10-29(11-13-30)20-5-3-4-17(14-20)23(25,26)27/h3-9,14H,10-13H2,1-2H3. The van der Waals surface area contributed by atoms with E-state index < -0.39 is 11.7 Å². The molecule has 32 heavy (non-hydrogen) atoms. The Bertz CT molecular complexity index is 1130. The Hall–Kier alpha value is -3.36. The summed E-state index contributed by atoms with van der Waals surface area (Å²) in [4.78, 5) is 16.8. The van der Waals surface area contributed by atoms with Crippen LogP contribution in [0.15, 0.2) is 48.5 Å². The van der Waals surface area contributed by atoms with Crippen molar-refractivity contribution >= 4 is 11.6 Å². The first kappa shape index (κ1) is 21.9. The summed E-state index contributed by atoms with van der Waals surface area (Å²) in [7, 11) is 0. The average molecular weight is 446 g/mol. The van der Waals surface area contributed by atoms with Crippen LogP contribution >= 0.6 is 0 Å². The van der Waals surface area contributed by atoms with Gasteiger partial charge in [-0.3, -0.25) is 4.79 Å². The quantitative estimate of drug-likeness (QED) is 0.552. The molecule has 0 aliphatic carbocycles. The van der Waals surface area contributed by atoms with Crippen molar-refractivity contribution in [3.63, 3.8) is 0 Å². The molecular weight excluding hydrogens is 424 g/mol. The van der Waals surface area contributed by atoms with Crippen LogP contribution in [0, 0.1) is 19.7 Å². The zero-order valence-corrected chi connectivity index (χ0v) is 17.7. The number of hydrogen-bond donors (Lipinski definition) is 0. The normalized spacial score (nSPS) is 14.7. The molecular formula is C23H22F4N4O. The van der Waals surface area contributed by atoms with Gasteiger partial charge in [-0.05, 0) is 56.3 Å². The molecule has 0 bridgehead atoms. The summed E-state index contributed by atoms with van der Waals surface area (Å²) < 4.78 is 53.9. The van der Waals surface area contributed by atoms with Crippen molar-refractivity contribution in [3.05, 3.63) is 76.9 Å². The van der Waals surface area contributed by atoms with Crippen molar-refractivity contribution in [3.8, 4) is 5.69 Å². The van der Waals surface area contributed by atoms with Crippen LogP contribution in [0.1, 0.15) is 27.3 Å². The van der Waals surface area contributed by atoms with Crippen LogP contribution in [0.4, 0.5) is 23.2 Å². The summed E-state index contributed by atoms with van der Waals surface area (Å²) in [6, 6.07) is 11.1. The van der Waals surface area contributed by atoms with E-state index in [4.69, 9.17) is 0 Å². The Morgan fingerprint density at radius 3 is 2.22 bits per heavy atom. The van der Waals surface area contributed by atoms with Crippen LogP contribution in [0.2, 0.25) is 0 Å². The molecule has 9 heteroatoms. The van der Waals surface area contributed by atoms with E-state index in [0.29, 0.717) is 54.5 Å². The average Bonchev–Trinajstić information content (AvgIpc) is 3.07. The molecule has 1 fully saturated rings. The summed E-state index contributed by atoms with van der Waals surface area (Å²) in [5.74, 6) is -0.526. The van der Waals surface area contributed by atoms with Gasteiger partial charge in [0.1, 0.15) is 5.82 Å². The monoisotopic (exact) mass is 446 g/mol. The van der Waals surface area contributed by atoms with Crippen molar-refractivity contribution < 1.29 is 22.4 Å². The zero-order chi connectivity index (χ0) is 23.0. The first-order chi connectivity index (χ1) is 15.1. The van der Waals surface area contributed by atoms with Crippen LogP contribution in [-0.2, 0) is 6.18 Å². The number of nitrogens with zero attached hydrogens (tertiary/aromatic N) is 4. The van der Waals surface area contributed by atoms with Crippen molar-refractivity contribution in [1.29, 1.82) is 0 Å². The number of piperazine rings is 1. The molecule has 0 spiro atoms. The molecule has 168 valence electrons. The smallest absolute Gasteiger partial charge is 0.368 e. The van der Waals surface area contributed by atoms with Crippen LogP contribution in [-0.4, -0.2) is 46.8 Å². The molecule has 0 saturated carbocycles. The van der Waals surface area contributed by atoms with Gasteiger partial charge in [0.05, 0.1) is 28.2 Å². The maximum atomic E-state index is 13.2. The zero-order valence-electron chi connectivity index (χ0n) is 17.7. The highest BCUT2D eigenvalue weighted by molar-refractivity contribution is 5.96. The van der Waals surface area contributed by atoms with E-state index in [1.165, 1.54) is 18.2 Å². The highest BCUT2D eigenvalue weighted by atomic mass is 19.4. The molecule has 3 aromatic rings. The lowest BCUT2D eigenvalue weighted by atomic mass is 10.1. The molecule has 0 unspecified atom stereocenters. The van der Waals surface area contributed by atoms with Gasteiger partial charge in [-0.15, -0.1) is 0 Å². The SMILES string of the molecule is Cc1nn(-c2ccc(F)cc2)c(C)c1C(=O)N1CCN(c2cccc(C(F)(F)F)c2)CC1. The molecule has 1 aliphatic rings. The molecule has 2 aromatic carbocycles. The molecule has 0 radical (unpaired) electrons. The van der Waals surface area contributed by atoms with Crippen LogP contribution in [0.3, 0.4) is 0 Å². The van der Waals surface area contributed by atoms with Crippen LogP contribution in [0.5, 0.6) is 0 Å². The minimum atomic E-state index is -4.40. The first-order valence-electron chi connectivity index (χ1n) is 10.2. The predicted molar refractivity (Wildman–Crippen MR) is 113 cm³/mol. The maximum absolute atomic E-state index is 13.2. The Labute approximate surface area is 182 Å². The third-order valence-electron chi connectivity index (χ3n) is 5.68. The van der Waals surface area contributed by atoms with Gasteiger partial charge < -0.3 is 9.80 Å². The van der Waals surface area contributed by atoms with E-state index in [1.807, 2.05) is 4.90 Å². The summed E-state index contributed by atoms with van der Waals surface area (Å²) in [5.41, 5.74) is 2.16. The fraction of sp³-hybridized carbons (Fsp3) is 0.304. The molecule has 2 heterocycles. The lowest BCUT2D eigenvalue weighted by Crippen LogP contribution is -2.49. The molecule has 5 nitrogen and oxygen atoms in total. The highest BCUT2D eigenvalue weighted by Crippen LogP contribution is 2.32. The van der Waals surface area contributed by atoms with E-state index in [-0.39, 0.29) is 11.7 Å². The number of aryl methyl sites for hydroxylation is 1. The number of rotatable bonds is 3. The number of halogens is 4. The second kappa shape index (κ2) is 8.29. The number of hydrogen-bond acceptors (Lipinski definition) is 3. The van der Waals surface area contributed by atoms with Crippen molar-refractivity contribution in [2.24, 2.45) is 0 Å². The van der Waals surface area contributed by atoms with Crippen molar-refractivity contribution in [2.75, 3.05) is 31.1 Å². The second-order valence-corrected chi connectivity index (χ2v) is 7.76. The summed E-state index contributed by atoms with van der Waals surface area (Å²) in [5, 5.41) is 4.45. The van der Waals surface area contributed by atoms with Gasteiger partial charge in [-0.2, -0.15) is 18.3 Å². The van der Waals surface area contributed by atoms with Gasteiger partial charge in [0, 0.05) is 31.9 Å². The van der Waals surface area contributed by atoms with Crippen LogP contribution in [0.25, 0.3) is 5.69 Å². The van der Waals surface area contributed by atoms with E-state index in [9.17, 15) is 22.4 Å². The Morgan fingerprint density at radius 2 is 1.59 bits per heavy atom. The first-order valence-corrected chi connectivity index (χ1v) is 10.2. The van der Waals surface area contributed by atoms with Gasteiger partial charge in [0.25, 0.3) is 5.91 Å². The van der Waals surface area contributed by atoms with Gasteiger partial charge in [0.2, 0.25) is 0 Å². The molecule has 1 aromatic heterocycles. The number of carbonyl (C=O) groups excluding carboxylic acids is 1. The minimum Gasteiger partial charge on any atom is -0.368 e. The molecule has 0 atom stereocenters. The molecule has 0 N–H and O–H groups in total. The second-order valence-electron chi connectivity index (χ2n) is 7.76. The fourth-order valence-electron chi connectivity index (χ4n) is 3.99. The van der Waals surface area contributed by atoms with Gasteiger partial charge >= 0.3 is 6.18 Å². The van der Waals surface area contributed by atoms with E-state index in [2.05, 4.69) is 5.10 Å². The molecule has 1 saturated heterocycles. The fourth-order valence-corrected chi connectivity index (χ4v) is 3.99. The Morgan fingerprint density at radius 1 is 0.938 bits per heavy atom. The molecule has 4 rings (SSSR count). The van der Waals surface area contributed by atoms with Gasteiger partial charge in [0.15, 0.2) is 0 Å². The number of aromatic nitrogens is 2. The van der Waals surface area contributed by atoms with Gasteiger partial charge in [-0.1, -0.05) is 6.07 Å². The number of anilines is 1. The number of amides is 1. The summed E-state index contributed by atoms with van der Waals surface area (Å²) in [6.45, 7) is 5.16. The molecule has 1 amide bonds. The lowest BCUT2D eigenvalue weighted by Gasteiger charge is -2.36. The van der Waals surface area contributed by atoms with Crippen molar-refractivity contribution in [1.82, 2.24) is 14.7 Å². The largest absolute Gasteiger partial charge is 0.416 e. The Balaban J connectivity index is 1.49.